The summed E-state index contributed by atoms with van der Waals surface area (Å²) in [6.07, 6.45) is 1.48. The fraction of sp³-hybridized carbons (Fsp3) is 0.562. The van der Waals surface area contributed by atoms with Crippen molar-refractivity contribution in [1.29, 1.82) is 0 Å². The highest BCUT2D eigenvalue weighted by molar-refractivity contribution is 7.89. The molecule has 8 nitrogen and oxygen atoms in total. The number of primary sulfonamides is 1. The average Bonchev–Trinajstić information content (AvgIpc) is 2.96. The molecular weight excluding hydrogens is 346 g/mol. The molecule has 0 spiro atoms. The van der Waals surface area contributed by atoms with Gasteiger partial charge in [0.05, 0.1) is 17.6 Å². The Bertz CT molecular complexity index is 722. The summed E-state index contributed by atoms with van der Waals surface area (Å²) in [5.41, 5.74) is 0.395. The number of nitrogens with zero attached hydrogens (tertiary/aromatic N) is 1. The van der Waals surface area contributed by atoms with Gasteiger partial charge in [0.15, 0.2) is 0 Å². The van der Waals surface area contributed by atoms with E-state index in [1.54, 1.807) is 0 Å². The van der Waals surface area contributed by atoms with Crippen molar-refractivity contribution in [2.45, 2.75) is 35.9 Å². The number of aliphatic hydroxyl groups excluding tert-OH is 1. The van der Waals surface area contributed by atoms with Gasteiger partial charge >= 0.3 is 0 Å². The molecule has 2 aliphatic rings. The van der Waals surface area contributed by atoms with Gasteiger partial charge in [0.2, 0.25) is 10.0 Å². The average molecular weight is 369 g/mol. The normalized spacial score (nSPS) is 27.0. The molecule has 25 heavy (non-hydrogen) atoms. The molecule has 3 atom stereocenters. The molecular formula is C16H23N3O5S. The van der Waals surface area contributed by atoms with E-state index in [-0.39, 0.29) is 35.6 Å². The van der Waals surface area contributed by atoms with Crippen molar-refractivity contribution in [2.24, 2.45) is 5.14 Å². The van der Waals surface area contributed by atoms with Crippen molar-refractivity contribution in [2.75, 3.05) is 26.3 Å². The Hall–Kier alpha value is -1.52. The van der Waals surface area contributed by atoms with Crippen LogP contribution in [0.3, 0.4) is 0 Å². The predicted molar refractivity (Wildman–Crippen MR) is 90.5 cm³/mol. The third-order valence-electron chi connectivity index (χ3n) is 4.72. The van der Waals surface area contributed by atoms with E-state index >= 15 is 0 Å². The molecule has 2 saturated heterocycles. The summed E-state index contributed by atoms with van der Waals surface area (Å²) in [6.45, 7) is 2.23. The van der Waals surface area contributed by atoms with Gasteiger partial charge in [-0.2, -0.15) is 0 Å². The summed E-state index contributed by atoms with van der Waals surface area (Å²) in [6, 6.07) is 5.87. The number of morpholine rings is 1. The minimum atomic E-state index is -3.76. The lowest BCUT2D eigenvalue weighted by atomic mass is 10.1. The highest BCUT2D eigenvalue weighted by atomic mass is 32.2. The first-order valence-corrected chi connectivity index (χ1v) is 9.81. The maximum atomic E-state index is 12.4. The minimum absolute atomic E-state index is 0.0193. The van der Waals surface area contributed by atoms with Gasteiger partial charge in [-0.15, -0.1) is 0 Å². The van der Waals surface area contributed by atoms with E-state index in [2.05, 4.69) is 10.2 Å². The monoisotopic (exact) mass is 369 g/mol. The molecule has 0 aliphatic carbocycles. The number of sulfonamides is 1. The molecule has 9 heteroatoms. The zero-order valence-electron chi connectivity index (χ0n) is 13.8. The maximum Gasteiger partial charge on any atom is 0.251 e. The van der Waals surface area contributed by atoms with Crippen molar-refractivity contribution < 1.29 is 23.1 Å². The summed E-state index contributed by atoms with van der Waals surface area (Å²) in [4.78, 5) is 14.6. The second-order valence-corrected chi connectivity index (χ2v) is 8.11. The molecule has 0 bridgehead atoms. The van der Waals surface area contributed by atoms with Crippen LogP contribution >= 0.6 is 0 Å². The molecule has 138 valence electrons. The van der Waals surface area contributed by atoms with Gasteiger partial charge in [-0.1, -0.05) is 0 Å². The fourth-order valence-corrected chi connectivity index (χ4v) is 3.95. The highest BCUT2D eigenvalue weighted by Gasteiger charge is 2.37. The number of hydrogen-bond donors (Lipinski definition) is 3. The number of ether oxygens (including phenoxy) is 1. The molecule has 0 saturated carbocycles. The summed E-state index contributed by atoms with van der Waals surface area (Å²) in [5, 5.41) is 17.1. The molecule has 2 fully saturated rings. The van der Waals surface area contributed by atoms with Crippen LogP contribution in [0.15, 0.2) is 29.2 Å². The van der Waals surface area contributed by atoms with E-state index in [4.69, 9.17) is 15.0 Å². The van der Waals surface area contributed by atoms with E-state index < -0.39 is 10.0 Å². The third kappa shape index (κ3) is 4.36. The first-order chi connectivity index (χ1) is 11.9. The number of carbonyl (C=O) groups excluding carboxylic acids is 1. The lowest BCUT2D eigenvalue weighted by molar-refractivity contribution is -0.0566. The largest absolute Gasteiger partial charge is 0.396 e. The van der Waals surface area contributed by atoms with E-state index in [0.717, 1.165) is 19.5 Å². The van der Waals surface area contributed by atoms with E-state index in [9.17, 15) is 13.2 Å². The zero-order valence-corrected chi connectivity index (χ0v) is 14.6. The standard InChI is InChI=1S/C16H23N3O5S/c17-25(22,23)15-3-1-11(2-4-15)16(21)18-12-7-13-10-24-14(5-6-20)9-19(13)8-12/h1-4,12-14,20H,5-10H2,(H,18,21)(H2,17,22,23)/t12-,13+,14+/m1/s1. The predicted octanol–water partition coefficient (Wildman–Crippen LogP) is -0.712. The van der Waals surface area contributed by atoms with Crippen molar-refractivity contribution in [3.63, 3.8) is 0 Å². The van der Waals surface area contributed by atoms with Crippen molar-refractivity contribution >= 4 is 15.9 Å². The van der Waals surface area contributed by atoms with Crippen LogP contribution in [-0.2, 0) is 14.8 Å². The molecule has 3 rings (SSSR count). The Morgan fingerprint density at radius 2 is 2.04 bits per heavy atom. The van der Waals surface area contributed by atoms with Crippen LogP contribution in [0.2, 0.25) is 0 Å². The fourth-order valence-electron chi connectivity index (χ4n) is 3.43. The number of aliphatic hydroxyl groups is 1. The molecule has 1 amide bonds. The number of fused-ring (bicyclic) bond motifs is 1. The van der Waals surface area contributed by atoms with Crippen LogP contribution in [0, 0.1) is 0 Å². The van der Waals surface area contributed by atoms with E-state index in [0.29, 0.717) is 18.6 Å². The quantitative estimate of drug-likeness (QED) is 0.630. The molecule has 4 N–H and O–H groups in total. The first kappa shape index (κ1) is 18.3. The number of amides is 1. The molecule has 2 aliphatic heterocycles. The van der Waals surface area contributed by atoms with Crippen molar-refractivity contribution in [3.8, 4) is 0 Å². The number of rotatable bonds is 5. The number of nitrogens with one attached hydrogen (secondary N) is 1. The van der Waals surface area contributed by atoms with Gasteiger partial charge in [0, 0.05) is 37.3 Å². The van der Waals surface area contributed by atoms with Gasteiger partial charge in [0.1, 0.15) is 0 Å². The van der Waals surface area contributed by atoms with Gasteiger partial charge in [-0.05, 0) is 37.1 Å². The number of nitrogens with two attached hydrogens (primary N) is 1. The Morgan fingerprint density at radius 1 is 1.32 bits per heavy atom. The Morgan fingerprint density at radius 3 is 2.68 bits per heavy atom. The van der Waals surface area contributed by atoms with Gasteiger partial charge < -0.3 is 15.2 Å². The van der Waals surface area contributed by atoms with Crippen LogP contribution in [0.25, 0.3) is 0 Å². The second-order valence-electron chi connectivity index (χ2n) is 6.55. The second kappa shape index (κ2) is 7.38. The Kier molecular flexibility index (Phi) is 5.40. The van der Waals surface area contributed by atoms with Gasteiger partial charge in [0.25, 0.3) is 5.91 Å². The smallest absolute Gasteiger partial charge is 0.251 e. The third-order valence-corrected chi connectivity index (χ3v) is 5.65. The van der Waals surface area contributed by atoms with Gasteiger partial charge in [-0.3, -0.25) is 9.69 Å². The molecule has 1 aromatic carbocycles. The van der Waals surface area contributed by atoms with E-state index in [1.165, 1.54) is 24.3 Å². The van der Waals surface area contributed by atoms with Crippen LogP contribution < -0.4 is 10.5 Å². The zero-order chi connectivity index (χ0) is 18.0. The van der Waals surface area contributed by atoms with Crippen LogP contribution in [0.5, 0.6) is 0 Å². The summed E-state index contributed by atoms with van der Waals surface area (Å²) >= 11 is 0. The maximum absolute atomic E-state index is 12.4. The Labute approximate surface area is 147 Å². The first-order valence-electron chi connectivity index (χ1n) is 8.27. The number of hydrogen-bond acceptors (Lipinski definition) is 6. The lowest BCUT2D eigenvalue weighted by Gasteiger charge is -2.34. The molecule has 1 aromatic rings. The van der Waals surface area contributed by atoms with E-state index in [1.807, 2.05) is 0 Å². The number of carbonyl (C=O) groups is 1. The van der Waals surface area contributed by atoms with Gasteiger partial charge in [-0.25, -0.2) is 13.6 Å². The molecule has 0 unspecified atom stereocenters. The summed E-state index contributed by atoms with van der Waals surface area (Å²) < 4.78 is 28.2. The topological polar surface area (TPSA) is 122 Å². The molecule has 0 radical (unpaired) electrons. The Balaban J connectivity index is 1.57. The minimum Gasteiger partial charge on any atom is -0.396 e. The van der Waals surface area contributed by atoms with Crippen LogP contribution in [-0.4, -0.2) is 68.8 Å². The summed E-state index contributed by atoms with van der Waals surface area (Å²) in [7, 11) is -3.76. The lowest BCUT2D eigenvalue weighted by Crippen LogP contribution is -2.46. The van der Waals surface area contributed by atoms with Crippen molar-refractivity contribution in [3.05, 3.63) is 29.8 Å². The van der Waals surface area contributed by atoms with Crippen molar-refractivity contribution in [1.82, 2.24) is 10.2 Å². The van der Waals surface area contributed by atoms with Crippen LogP contribution in [0.1, 0.15) is 23.2 Å². The number of benzene rings is 1. The summed E-state index contributed by atoms with van der Waals surface area (Å²) in [5.74, 6) is -0.237. The molecule has 2 heterocycles. The highest BCUT2D eigenvalue weighted by Crippen LogP contribution is 2.24. The van der Waals surface area contributed by atoms with Crippen LogP contribution in [0.4, 0.5) is 0 Å². The SMILES string of the molecule is NS(=O)(=O)c1ccc(C(=O)N[C@@H]2C[C@H]3CO[C@@H](CCO)CN3C2)cc1. The molecule has 0 aromatic heterocycles.